The van der Waals surface area contributed by atoms with Gasteiger partial charge in [0.25, 0.3) is 0 Å². The first-order chi connectivity index (χ1) is 9.29. The summed E-state index contributed by atoms with van der Waals surface area (Å²) in [6.45, 7) is 1.70. The molecule has 1 atom stereocenters. The van der Waals surface area contributed by atoms with Crippen molar-refractivity contribution in [3.63, 3.8) is 0 Å². The molecule has 0 bridgehead atoms. The molecule has 1 aromatic rings. The number of esters is 1. The Kier molecular flexibility index (Phi) is 5.09. The van der Waals surface area contributed by atoms with Gasteiger partial charge in [-0.3, -0.25) is 0 Å². The molecule has 1 aliphatic heterocycles. The van der Waals surface area contributed by atoms with Gasteiger partial charge in [-0.15, -0.1) is 10.2 Å². The summed E-state index contributed by atoms with van der Waals surface area (Å²) in [5.41, 5.74) is 0.184. The number of aromatic nitrogens is 2. The Labute approximate surface area is 112 Å². The predicted molar refractivity (Wildman–Crippen MR) is 69.1 cm³/mol. The largest absolute Gasteiger partial charge is 0.477 e. The summed E-state index contributed by atoms with van der Waals surface area (Å²) in [4.78, 5) is 11.2. The maximum atomic E-state index is 11.2. The fourth-order valence-electron chi connectivity index (χ4n) is 2.09. The maximum Gasteiger partial charge on any atom is 0.358 e. The average Bonchev–Trinajstić information content (AvgIpc) is 2.48. The Morgan fingerprint density at radius 2 is 2.32 bits per heavy atom. The summed E-state index contributed by atoms with van der Waals surface area (Å²) in [7, 11) is 1.31. The molecule has 1 N–H and O–H groups in total. The highest BCUT2D eigenvalue weighted by Gasteiger charge is 2.12. The second kappa shape index (κ2) is 7.04. The zero-order valence-corrected chi connectivity index (χ0v) is 11.1. The van der Waals surface area contributed by atoms with Gasteiger partial charge < -0.3 is 14.8 Å². The summed E-state index contributed by atoms with van der Waals surface area (Å²) in [5.74, 6) is -0.0612. The van der Waals surface area contributed by atoms with Gasteiger partial charge in [0.1, 0.15) is 0 Å². The fraction of sp³-hybridized carbons (Fsp3) is 0.615. The smallest absolute Gasteiger partial charge is 0.358 e. The van der Waals surface area contributed by atoms with Gasteiger partial charge in [-0.1, -0.05) is 6.42 Å². The van der Waals surface area contributed by atoms with E-state index in [1.54, 1.807) is 12.1 Å². The molecule has 2 rings (SSSR count). The summed E-state index contributed by atoms with van der Waals surface area (Å²) in [6, 6.07) is 3.72. The van der Waals surface area contributed by atoms with Gasteiger partial charge in [-0.25, -0.2) is 4.79 Å². The lowest BCUT2D eigenvalue weighted by atomic mass is 10.0. The first kappa shape index (κ1) is 13.7. The molecular weight excluding hydrogens is 246 g/mol. The van der Waals surface area contributed by atoms with Crippen LogP contribution in [0.25, 0.3) is 0 Å². The summed E-state index contributed by atoms with van der Waals surface area (Å²) in [5, 5.41) is 11.0. The number of carbonyl (C=O) groups is 1. The number of nitrogens with zero attached hydrogens (tertiary/aromatic N) is 2. The number of methoxy groups -OCH3 is 1. The van der Waals surface area contributed by atoms with Crippen molar-refractivity contribution in [2.75, 3.05) is 20.3 Å². The summed E-state index contributed by atoms with van der Waals surface area (Å²) >= 11 is 0. The van der Waals surface area contributed by atoms with E-state index in [9.17, 15) is 4.79 Å². The molecule has 1 saturated heterocycles. The Hall–Kier alpha value is -1.69. The summed E-state index contributed by atoms with van der Waals surface area (Å²) < 4.78 is 10.1. The van der Waals surface area contributed by atoms with Crippen LogP contribution in [0.5, 0.6) is 5.88 Å². The topological polar surface area (TPSA) is 73.3 Å². The molecule has 0 radical (unpaired) electrons. The molecule has 0 aromatic carbocycles. The molecule has 0 aliphatic carbocycles. The van der Waals surface area contributed by atoms with Gasteiger partial charge >= 0.3 is 5.97 Å². The Morgan fingerprint density at radius 3 is 2.95 bits per heavy atom. The standard InChI is InChI=1S/C13H19N3O3/c1-18-13(17)11-5-6-12(16-15-11)19-9-7-10-4-2-3-8-14-10/h5-6,10,14H,2-4,7-9H2,1H3. The molecule has 0 amide bonds. The van der Waals surface area contributed by atoms with Crippen molar-refractivity contribution < 1.29 is 14.3 Å². The van der Waals surface area contributed by atoms with Crippen LogP contribution in [0.1, 0.15) is 36.2 Å². The molecule has 104 valence electrons. The van der Waals surface area contributed by atoms with E-state index in [2.05, 4.69) is 20.3 Å². The van der Waals surface area contributed by atoms with Gasteiger partial charge in [0.2, 0.25) is 5.88 Å². The fourth-order valence-corrected chi connectivity index (χ4v) is 2.09. The number of nitrogens with one attached hydrogen (secondary N) is 1. The normalized spacial score (nSPS) is 18.9. The molecule has 19 heavy (non-hydrogen) atoms. The van der Waals surface area contributed by atoms with Crippen LogP contribution >= 0.6 is 0 Å². The van der Waals surface area contributed by atoms with E-state index in [1.165, 1.54) is 26.4 Å². The molecule has 6 nitrogen and oxygen atoms in total. The molecule has 1 unspecified atom stereocenters. The molecule has 2 heterocycles. The van der Waals surface area contributed by atoms with Gasteiger partial charge in [-0.2, -0.15) is 0 Å². The molecule has 1 aliphatic rings. The van der Waals surface area contributed by atoms with Crippen LogP contribution in [-0.4, -0.2) is 42.5 Å². The lowest BCUT2D eigenvalue weighted by molar-refractivity contribution is 0.0592. The van der Waals surface area contributed by atoms with Crippen molar-refractivity contribution in [2.45, 2.75) is 31.7 Å². The van der Waals surface area contributed by atoms with Crippen LogP contribution < -0.4 is 10.1 Å². The SMILES string of the molecule is COC(=O)c1ccc(OCCC2CCCCN2)nn1. The Bertz CT molecular complexity index is 402. The third-order valence-electron chi connectivity index (χ3n) is 3.16. The van der Waals surface area contributed by atoms with Crippen LogP contribution in [0.2, 0.25) is 0 Å². The number of carbonyl (C=O) groups excluding carboxylic acids is 1. The van der Waals surface area contributed by atoms with Gasteiger partial charge in [0.15, 0.2) is 5.69 Å². The van der Waals surface area contributed by atoms with E-state index < -0.39 is 5.97 Å². The number of piperidine rings is 1. The molecule has 0 spiro atoms. The number of rotatable bonds is 5. The molecule has 6 heteroatoms. The lowest BCUT2D eigenvalue weighted by Crippen LogP contribution is -2.35. The number of ether oxygens (including phenoxy) is 2. The van der Waals surface area contributed by atoms with E-state index in [4.69, 9.17) is 4.74 Å². The molecule has 0 saturated carbocycles. The van der Waals surface area contributed by atoms with Crippen molar-refractivity contribution in [1.29, 1.82) is 0 Å². The van der Waals surface area contributed by atoms with Crippen LogP contribution in [0.4, 0.5) is 0 Å². The maximum absolute atomic E-state index is 11.2. The number of hydrogen-bond donors (Lipinski definition) is 1. The third-order valence-corrected chi connectivity index (χ3v) is 3.16. The van der Waals surface area contributed by atoms with Crippen molar-refractivity contribution in [3.05, 3.63) is 17.8 Å². The minimum Gasteiger partial charge on any atom is -0.477 e. The second-order valence-corrected chi connectivity index (χ2v) is 4.53. The highest BCUT2D eigenvalue weighted by Crippen LogP contribution is 2.11. The Balaban J connectivity index is 1.75. The van der Waals surface area contributed by atoms with Crippen molar-refractivity contribution in [2.24, 2.45) is 0 Å². The van der Waals surface area contributed by atoms with Crippen LogP contribution in [-0.2, 0) is 4.74 Å². The van der Waals surface area contributed by atoms with E-state index in [0.717, 1.165) is 13.0 Å². The lowest BCUT2D eigenvalue weighted by Gasteiger charge is -2.23. The Morgan fingerprint density at radius 1 is 1.42 bits per heavy atom. The third kappa shape index (κ3) is 4.17. The molecule has 1 aromatic heterocycles. The van der Waals surface area contributed by atoms with Crippen LogP contribution in [0, 0.1) is 0 Å². The van der Waals surface area contributed by atoms with E-state index in [-0.39, 0.29) is 5.69 Å². The molecule has 1 fully saturated rings. The first-order valence-corrected chi connectivity index (χ1v) is 6.58. The average molecular weight is 265 g/mol. The quantitative estimate of drug-likeness (QED) is 0.806. The zero-order chi connectivity index (χ0) is 13.5. The predicted octanol–water partition coefficient (Wildman–Crippen LogP) is 1.17. The first-order valence-electron chi connectivity index (χ1n) is 6.58. The van der Waals surface area contributed by atoms with Gasteiger partial charge in [0.05, 0.1) is 13.7 Å². The highest BCUT2D eigenvalue weighted by molar-refractivity contribution is 5.86. The second-order valence-electron chi connectivity index (χ2n) is 4.53. The van der Waals surface area contributed by atoms with Crippen molar-refractivity contribution >= 4 is 5.97 Å². The monoisotopic (exact) mass is 265 g/mol. The summed E-state index contributed by atoms with van der Waals surface area (Å²) in [6.07, 6.45) is 4.71. The van der Waals surface area contributed by atoms with Crippen LogP contribution in [0.15, 0.2) is 12.1 Å². The van der Waals surface area contributed by atoms with E-state index in [1.807, 2.05) is 0 Å². The number of hydrogen-bond acceptors (Lipinski definition) is 6. The van der Waals surface area contributed by atoms with E-state index in [0.29, 0.717) is 18.5 Å². The van der Waals surface area contributed by atoms with Crippen molar-refractivity contribution in [3.8, 4) is 5.88 Å². The minimum absolute atomic E-state index is 0.184. The highest BCUT2D eigenvalue weighted by atomic mass is 16.5. The van der Waals surface area contributed by atoms with Crippen LogP contribution in [0.3, 0.4) is 0 Å². The minimum atomic E-state index is -0.495. The van der Waals surface area contributed by atoms with Crippen molar-refractivity contribution in [1.82, 2.24) is 15.5 Å². The van der Waals surface area contributed by atoms with E-state index >= 15 is 0 Å². The van der Waals surface area contributed by atoms with Gasteiger partial charge in [0, 0.05) is 12.1 Å². The molecular formula is C13H19N3O3. The zero-order valence-electron chi connectivity index (χ0n) is 11.1. The van der Waals surface area contributed by atoms with Gasteiger partial charge in [-0.05, 0) is 31.9 Å².